The number of anilines is 1. The van der Waals surface area contributed by atoms with Gasteiger partial charge in [-0.05, 0) is 37.1 Å². The normalized spacial score (nSPS) is 13.6. The van der Waals surface area contributed by atoms with Crippen LogP contribution in [-0.2, 0) is 26.2 Å². The van der Waals surface area contributed by atoms with Crippen molar-refractivity contribution in [3.63, 3.8) is 0 Å². The maximum absolute atomic E-state index is 13.6. The molecule has 2 aromatic carbocycles. The number of carbonyl (C=O) groups is 2. The molecular weight excluding hydrogens is 506 g/mol. The second-order valence-electron chi connectivity index (χ2n) is 8.53. The second-order valence-corrected chi connectivity index (χ2v) is 10.8. The van der Waals surface area contributed by atoms with E-state index in [2.05, 4.69) is 5.32 Å². The highest BCUT2D eigenvalue weighted by Crippen LogP contribution is 2.34. The van der Waals surface area contributed by atoms with Gasteiger partial charge in [0.05, 0.1) is 11.9 Å². The van der Waals surface area contributed by atoms with Crippen LogP contribution in [0, 0.1) is 0 Å². The summed E-state index contributed by atoms with van der Waals surface area (Å²) in [5.74, 6) is 0.0291. The summed E-state index contributed by atoms with van der Waals surface area (Å²) in [6, 6.07) is 10.9. The summed E-state index contributed by atoms with van der Waals surface area (Å²) < 4.78 is 37.5. The SMILES string of the molecule is CCCCNC(=O)[C@@H](C)N(Cc1ccccc1Cl)C(=O)CN(c1ccc2c(c1)OCCO2)S(C)(=O)=O. The smallest absolute Gasteiger partial charge is 0.244 e. The maximum atomic E-state index is 13.6. The minimum Gasteiger partial charge on any atom is -0.486 e. The Morgan fingerprint density at radius 3 is 2.47 bits per heavy atom. The Balaban J connectivity index is 1.90. The molecule has 3 rings (SSSR count). The first-order valence-corrected chi connectivity index (χ1v) is 14.0. The molecule has 196 valence electrons. The van der Waals surface area contributed by atoms with Crippen molar-refractivity contribution >= 4 is 39.1 Å². The number of sulfonamides is 1. The summed E-state index contributed by atoms with van der Waals surface area (Å²) in [5.41, 5.74) is 0.902. The third kappa shape index (κ3) is 7.04. The summed E-state index contributed by atoms with van der Waals surface area (Å²) >= 11 is 6.33. The Labute approximate surface area is 217 Å². The molecule has 1 aliphatic rings. The van der Waals surface area contributed by atoms with Crippen LogP contribution in [0.15, 0.2) is 42.5 Å². The first-order valence-electron chi connectivity index (χ1n) is 11.8. The Hall–Kier alpha value is -2.98. The van der Waals surface area contributed by atoms with E-state index in [1.54, 1.807) is 43.3 Å². The van der Waals surface area contributed by atoms with Crippen LogP contribution >= 0.6 is 11.6 Å². The third-order valence-corrected chi connectivity index (χ3v) is 7.30. The van der Waals surface area contributed by atoms with E-state index in [-0.39, 0.29) is 18.1 Å². The lowest BCUT2D eigenvalue weighted by atomic mass is 10.1. The topological polar surface area (TPSA) is 105 Å². The molecule has 11 heteroatoms. The summed E-state index contributed by atoms with van der Waals surface area (Å²) in [6.45, 7) is 4.39. The number of nitrogens with one attached hydrogen (secondary N) is 1. The molecule has 0 saturated carbocycles. The summed E-state index contributed by atoms with van der Waals surface area (Å²) in [7, 11) is -3.85. The van der Waals surface area contributed by atoms with Gasteiger partial charge in [-0.2, -0.15) is 0 Å². The molecule has 1 heterocycles. The second kappa shape index (κ2) is 12.3. The van der Waals surface area contributed by atoms with Crippen LogP contribution in [0.25, 0.3) is 0 Å². The standard InChI is InChI=1S/C25H32ClN3O6S/c1-4-5-12-27-25(31)18(2)28(16-19-8-6-7-9-21(19)26)24(30)17-29(36(3,32)33)20-10-11-22-23(15-20)35-14-13-34-22/h6-11,15,18H,4-5,12-14,16-17H2,1-3H3,(H,27,31)/t18-/m1/s1. The highest BCUT2D eigenvalue weighted by molar-refractivity contribution is 7.92. The van der Waals surface area contributed by atoms with E-state index in [1.807, 2.05) is 6.92 Å². The Kier molecular flexibility index (Phi) is 9.44. The molecule has 2 aromatic rings. The van der Waals surface area contributed by atoms with E-state index in [4.69, 9.17) is 21.1 Å². The van der Waals surface area contributed by atoms with Crippen LogP contribution < -0.4 is 19.1 Å². The van der Waals surface area contributed by atoms with Crippen molar-refractivity contribution in [2.24, 2.45) is 0 Å². The van der Waals surface area contributed by atoms with Gasteiger partial charge in [0.1, 0.15) is 25.8 Å². The summed E-state index contributed by atoms with van der Waals surface area (Å²) in [4.78, 5) is 27.8. The molecule has 0 aromatic heterocycles. The lowest BCUT2D eigenvalue weighted by Gasteiger charge is -2.32. The average Bonchev–Trinajstić information content (AvgIpc) is 2.85. The van der Waals surface area contributed by atoms with E-state index in [0.29, 0.717) is 41.8 Å². The molecule has 0 unspecified atom stereocenters. The zero-order valence-electron chi connectivity index (χ0n) is 20.7. The predicted molar refractivity (Wildman–Crippen MR) is 139 cm³/mol. The number of ether oxygens (including phenoxy) is 2. The van der Waals surface area contributed by atoms with Gasteiger partial charge in [-0.25, -0.2) is 8.42 Å². The highest BCUT2D eigenvalue weighted by Gasteiger charge is 2.31. The first-order chi connectivity index (χ1) is 17.1. The van der Waals surface area contributed by atoms with Gasteiger partial charge in [0.25, 0.3) is 0 Å². The van der Waals surface area contributed by atoms with Crippen molar-refractivity contribution in [2.75, 3.05) is 36.9 Å². The van der Waals surface area contributed by atoms with Gasteiger partial charge in [0.15, 0.2) is 11.5 Å². The minimum absolute atomic E-state index is 0.0413. The predicted octanol–water partition coefficient (Wildman–Crippen LogP) is 3.21. The fourth-order valence-corrected chi connectivity index (χ4v) is 4.77. The first kappa shape index (κ1) is 27.6. The zero-order chi connectivity index (χ0) is 26.3. The average molecular weight is 538 g/mol. The molecule has 2 amide bonds. The zero-order valence-corrected chi connectivity index (χ0v) is 22.3. The van der Waals surface area contributed by atoms with Crippen LogP contribution in [0.5, 0.6) is 11.5 Å². The molecule has 0 spiro atoms. The van der Waals surface area contributed by atoms with Crippen molar-refractivity contribution in [1.29, 1.82) is 0 Å². The van der Waals surface area contributed by atoms with Gasteiger partial charge in [0, 0.05) is 24.2 Å². The van der Waals surface area contributed by atoms with Crippen molar-refractivity contribution in [3.05, 3.63) is 53.1 Å². The molecular formula is C25H32ClN3O6S. The number of halogens is 1. The van der Waals surface area contributed by atoms with Gasteiger partial charge < -0.3 is 19.7 Å². The number of carbonyl (C=O) groups excluding carboxylic acids is 2. The number of benzene rings is 2. The number of hydrogen-bond donors (Lipinski definition) is 1. The van der Waals surface area contributed by atoms with Crippen molar-refractivity contribution in [3.8, 4) is 11.5 Å². The van der Waals surface area contributed by atoms with E-state index >= 15 is 0 Å². The number of hydrogen-bond acceptors (Lipinski definition) is 6. The number of amides is 2. The van der Waals surface area contributed by atoms with Crippen molar-refractivity contribution < 1.29 is 27.5 Å². The molecule has 1 N–H and O–H groups in total. The molecule has 0 radical (unpaired) electrons. The number of fused-ring (bicyclic) bond motifs is 1. The van der Waals surface area contributed by atoms with Crippen LogP contribution in [0.4, 0.5) is 5.69 Å². The molecule has 0 saturated heterocycles. The van der Waals surface area contributed by atoms with Crippen LogP contribution in [-0.4, -0.2) is 63.7 Å². The van der Waals surface area contributed by atoms with Crippen LogP contribution in [0.3, 0.4) is 0 Å². The van der Waals surface area contributed by atoms with Crippen molar-refractivity contribution in [2.45, 2.75) is 39.3 Å². The molecule has 0 aliphatic carbocycles. The largest absolute Gasteiger partial charge is 0.486 e. The Morgan fingerprint density at radius 1 is 1.11 bits per heavy atom. The number of rotatable bonds is 11. The molecule has 1 aliphatic heterocycles. The van der Waals surface area contributed by atoms with E-state index in [9.17, 15) is 18.0 Å². The summed E-state index contributed by atoms with van der Waals surface area (Å²) in [5, 5.41) is 3.29. The molecule has 36 heavy (non-hydrogen) atoms. The maximum Gasteiger partial charge on any atom is 0.244 e. The van der Waals surface area contributed by atoms with Gasteiger partial charge in [-0.15, -0.1) is 0 Å². The quantitative estimate of drug-likeness (QED) is 0.441. The lowest BCUT2D eigenvalue weighted by molar-refractivity contribution is -0.139. The fraction of sp³-hybridized carbons (Fsp3) is 0.440. The van der Waals surface area contributed by atoms with E-state index in [0.717, 1.165) is 23.4 Å². The van der Waals surface area contributed by atoms with Crippen molar-refractivity contribution in [1.82, 2.24) is 10.2 Å². The number of unbranched alkanes of at least 4 members (excludes halogenated alkanes) is 1. The van der Waals surface area contributed by atoms with Gasteiger partial charge >= 0.3 is 0 Å². The van der Waals surface area contributed by atoms with Gasteiger partial charge in [0.2, 0.25) is 21.8 Å². The minimum atomic E-state index is -3.85. The van der Waals surface area contributed by atoms with E-state index < -0.39 is 28.5 Å². The van der Waals surface area contributed by atoms with E-state index in [1.165, 1.54) is 11.0 Å². The lowest BCUT2D eigenvalue weighted by Crippen LogP contribution is -2.51. The monoisotopic (exact) mass is 537 g/mol. The Morgan fingerprint density at radius 2 is 1.81 bits per heavy atom. The Bertz CT molecular complexity index is 1190. The molecule has 0 fully saturated rings. The van der Waals surface area contributed by atoms with Gasteiger partial charge in [-0.3, -0.25) is 13.9 Å². The molecule has 1 atom stereocenters. The summed E-state index contributed by atoms with van der Waals surface area (Å²) in [6.07, 6.45) is 2.75. The molecule has 0 bridgehead atoms. The number of nitrogens with zero attached hydrogens (tertiary/aromatic N) is 2. The third-order valence-electron chi connectivity index (χ3n) is 5.79. The fourth-order valence-electron chi connectivity index (χ4n) is 3.73. The highest BCUT2D eigenvalue weighted by atomic mass is 35.5. The molecule has 9 nitrogen and oxygen atoms in total. The van der Waals surface area contributed by atoms with Gasteiger partial charge in [-0.1, -0.05) is 43.1 Å². The van der Waals surface area contributed by atoms with Crippen LogP contribution in [0.1, 0.15) is 32.3 Å². The van der Waals surface area contributed by atoms with Crippen LogP contribution in [0.2, 0.25) is 5.02 Å².